The van der Waals surface area contributed by atoms with E-state index in [1.165, 1.54) is 18.7 Å². The Balaban J connectivity index is 1.68. The predicted molar refractivity (Wildman–Crippen MR) is 141 cm³/mol. The third kappa shape index (κ3) is 7.58. The number of β-amino-alcohol motifs (C(OH)–C–C–N with tert-alkyl or cyclic N) is 1. The van der Waals surface area contributed by atoms with Gasteiger partial charge in [0.25, 0.3) is 0 Å². The molecule has 1 aliphatic rings. The molecule has 1 saturated heterocycles. The number of aliphatic hydroxyl groups excluding tert-OH is 1. The Bertz CT molecular complexity index is 1120. The van der Waals surface area contributed by atoms with E-state index in [4.69, 9.17) is 0 Å². The first kappa shape index (κ1) is 28.7. The van der Waals surface area contributed by atoms with Crippen LogP contribution in [0.25, 0.3) is 10.4 Å². The first-order valence-corrected chi connectivity index (χ1v) is 13.3. The summed E-state index contributed by atoms with van der Waals surface area (Å²) in [6, 6.07) is 5.30. The SMILES string of the molecule is Cc1ncsc1-c1ccc(CNC(=O)C2CC(O)CN2C(=O)C(NC(=O)CC(C)(C)C)C(C)(C)F)cc1. The standard InChI is InChI=1S/C27H37FN4O4S/c1-16-22(37-15-30-16)18-9-7-17(8-10-18)13-29-24(35)20-11-19(33)14-32(20)25(36)23(27(5,6)28)31-21(34)12-26(2,3)4/h7-10,15,19-20,23,33H,11-14H2,1-6H3,(H,29,35)(H,31,34). The second kappa shape index (κ2) is 11.3. The van der Waals surface area contributed by atoms with Crippen molar-refractivity contribution < 1.29 is 23.9 Å². The maximum Gasteiger partial charge on any atom is 0.249 e. The summed E-state index contributed by atoms with van der Waals surface area (Å²) < 4.78 is 15.1. The summed E-state index contributed by atoms with van der Waals surface area (Å²) in [5.41, 5.74) is 2.25. The molecule has 3 atom stereocenters. The molecule has 0 aliphatic carbocycles. The van der Waals surface area contributed by atoms with Crippen LogP contribution in [0.1, 0.15) is 58.7 Å². The van der Waals surface area contributed by atoms with E-state index in [9.17, 15) is 19.5 Å². The fourth-order valence-electron chi connectivity index (χ4n) is 4.35. The van der Waals surface area contributed by atoms with Gasteiger partial charge in [0, 0.05) is 25.9 Å². The highest BCUT2D eigenvalue weighted by Crippen LogP contribution is 2.28. The zero-order valence-corrected chi connectivity index (χ0v) is 23.1. The number of aryl methyl sites for hydroxylation is 1. The van der Waals surface area contributed by atoms with Crippen molar-refractivity contribution in [1.82, 2.24) is 20.5 Å². The van der Waals surface area contributed by atoms with Gasteiger partial charge in [-0.15, -0.1) is 11.3 Å². The Morgan fingerprint density at radius 1 is 1.19 bits per heavy atom. The van der Waals surface area contributed by atoms with E-state index in [0.29, 0.717) is 0 Å². The van der Waals surface area contributed by atoms with Crippen molar-refractivity contribution >= 4 is 29.1 Å². The molecular weight excluding hydrogens is 495 g/mol. The number of aromatic nitrogens is 1. The van der Waals surface area contributed by atoms with Crippen LogP contribution >= 0.6 is 11.3 Å². The Labute approximate surface area is 221 Å². The molecule has 0 spiro atoms. The molecular formula is C27H37FN4O4S. The minimum atomic E-state index is -2.07. The number of thiazole rings is 1. The highest BCUT2D eigenvalue weighted by molar-refractivity contribution is 7.13. The van der Waals surface area contributed by atoms with Crippen molar-refractivity contribution in [3.63, 3.8) is 0 Å². The van der Waals surface area contributed by atoms with E-state index in [-0.39, 0.29) is 31.3 Å². The second-order valence-corrected chi connectivity index (χ2v) is 12.2. The molecule has 0 bridgehead atoms. The fraction of sp³-hybridized carbons (Fsp3) is 0.556. The average molecular weight is 533 g/mol. The molecule has 2 heterocycles. The smallest absolute Gasteiger partial charge is 0.249 e. The maximum absolute atomic E-state index is 15.1. The minimum Gasteiger partial charge on any atom is -0.391 e. The van der Waals surface area contributed by atoms with Crippen LogP contribution in [0.5, 0.6) is 0 Å². The van der Waals surface area contributed by atoms with Crippen LogP contribution in [0.2, 0.25) is 0 Å². The van der Waals surface area contributed by atoms with Gasteiger partial charge in [-0.2, -0.15) is 0 Å². The number of likely N-dealkylation sites (tertiary alicyclic amines) is 1. The van der Waals surface area contributed by atoms with Crippen LogP contribution in [0, 0.1) is 12.3 Å². The highest BCUT2D eigenvalue weighted by Gasteiger charge is 2.46. The number of nitrogens with zero attached hydrogens (tertiary/aromatic N) is 2. The largest absolute Gasteiger partial charge is 0.391 e. The molecule has 2 aromatic rings. The van der Waals surface area contributed by atoms with E-state index in [1.807, 2.05) is 52.0 Å². The van der Waals surface area contributed by atoms with Crippen LogP contribution in [0.4, 0.5) is 4.39 Å². The van der Waals surface area contributed by atoms with E-state index in [1.54, 1.807) is 16.8 Å². The van der Waals surface area contributed by atoms with Crippen LogP contribution in [-0.4, -0.2) is 63.1 Å². The van der Waals surface area contributed by atoms with Crippen molar-refractivity contribution in [3.8, 4) is 10.4 Å². The average Bonchev–Trinajstić information content (AvgIpc) is 3.39. The Kier molecular flexibility index (Phi) is 8.74. The third-order valence-electron chi connectivity index (χ3n) is 6.22. The van der Waals surface area contributed by atoms with Gasteiger partial charge in [-0.3, -0.25) is 14.4 Å². The molecule has 0 radical (unpaired) electrons. The first-order chi connectivity index (χ1) is 17.2. The third-order valence-corrected chi connectivity index (χ3v) is 7.20. The Morgan fingerprint density at radius 2 is 1.84 bits per heavy atom. The number of hydrogen-bond acceptors (Lipinski definition) is 6. The van der Waals surface area contributed by atoms with Crippen molar-refractivity contribution in [2.45, 2.75) is 84.8 Å². The van der Waals surface area contributed by atoms with Gasteiger partial charge in [-0.05, 0) is 37.3 Å². The number of halogens is 1. The monoisotopic (exact) mass is 532 g/mol. The van der Waals surface area contributed by atoms with Gasteiger partial charge in [-0.1, -0.05) is 45.0 Å². The summed E-state index contributed by atoms with van der Waals surface area (Å²) >= 11 is 1.56. The van der Waals surface area contributed by atoms with E-state index >= 15 is 4.39 Å². The van der Waals surface area contributed by atoms with Crippen LogP contribution in [0.3, 0.4) is 0 Å². The lowest BCUT2D eigenvalue weighted by molar-refractivity contribution is -0.145. The Morgan fingerprint density at radius 3 is 2.38 bits per heavy atom. The summed E-state index contributed by atoms with van der Waals surface area (Å²) in [7, 11) is 0. The number of rotatable bonds is 8. The normalized spacial score (nSPS) is 19.0. The molecule has 1 aromatic carbocycles. The molecule has 3 amide bonds. The van der Waals surface area contributed by atoms with Crippen LogP contribution in [0.15, 0.2) is 29.8 Å². The highest BCUT2D eigenvalue weighted by atomic mass is 32.1. The lowest BCUT2D eigenvalue weighted by Gasteiger charge is -2.33. The lowest BCUT2D eigenvalue weighted by Crippen LogP contribution is -2.59. The molecule has 10 heteroatoms. The van der Waals surface area contributed by atoms with Crippen molar-refractivity contribution in [3.05, 3.63) is 41.0 Å². The zero-order chi connectivity index (χ0) is 27.5. The second-order valence-electron chi connectivity index (χ2n) is 11.4. The summed E-state index contributed by atoms with van der Waals surface area (Å²) in [5.74, 6) is -1.62. The summed E-state index contributed by atoms with van der Waals surface area (Å²) in [5, 5.41) is 15.6. The number of aliphatic hydroxyl groups is 1. The van der Waals surface area contributed by atoms with E-state index in [2.05, 4.69) is 15.6 Å². The molecule has 1 fully saturated rings. The van der Waals surface area contributed by atoms with E-state index in [0.717, 1.165) is 21.7 Å². The fourth-order valence-corrected chi connectivity index (χ4v) is 5.16. The van der Waals surface area contributed by atoms with Gasteiger partial charge >= 0.3 is 0 Å². The number of hydrogen-bond donors (Lipinski definition) is 3. The molecule has 0 saturated carbocycles. The first-order valence-electron chi connectivity index (χ1n) is 12.4. The van der Waals surface area contributed by atoms with E-state index < -0.39 is 41.6 Å². The van der Waals surface area contributed by atoms with Gasteiger partial charge in [0.1, 0.15) is 17.8 Å². The molecule has 202 valence electrons. The number of carbonyl (C=O) groups is 3. The molecule has 3 unspecified atom stereocenters. The topological polar surface area (TPSA) is 112 Å². The number of amides is 3. The van der Waals surface area contributed by atoms with Gasteiger partial charge in [0.2, 0.25) is 17.7 Å². The van der Waals surface area contributed by atoms with Crippen LogP contribution in [-0.2, 0) is 20.9 Å². The van der Waals surface area contributed by atoms with Gasteiger partial charge in [-0.25, -0.2) is 9.37 Å². The molecule has 1 aliphatic heterocycles. The molecule has 3 rings (SSSR count). The molecule has 37 heavy (non-hydrogen) atoms. The Hall–Kier alpha value is -2.85. The van der Waals surface area contributed by atoms with Crippen LogP contribution < -0.4 is 10.6 Å². The lowest BCUT2D eigenvalue weighted by atomic mass is 9.91. The summed E-state index contributed by atoms with van der Waals surface area (Å²) in [6.45, 7) is 10.1. The summed E-state index contributed by atoms with van der Waals surface area (Å²) in [4.78, 5) is 45.5. The number of alkyl halides is 1. The zero-order valence-electron chi connectivity index (χ0n) is 22.3. The van der Waals surface area contributed by atoms with Gasteiger partial charge in [0.05, 0.1) is 22.2 Å². The predicted octanol–water partition coefficient (Wildman–Crippen LogP) is 3.37. The van der Waals surface area contributed by atoms with Crippen molar-refractivity contribution in [1.29, 1.82) is 0 Å². The molecule has 1 aromatic heterocycles. The molecule has 3 N–H and O–H groups in total. The van der Waals surface area contributed by atoms with Gasteiger partial charge < -0.3 is 20.6 Å². The number of nitrogens with one attached hydrogen (secondary N) is 2. The minimum absolute atomic E-state index is 0.0382. The van der Waals surface area contributed by atoms with Crippen molar-refractivity contribution in [2.75, 3.05) is 6.54 Å². The summed E-state index contributed by atoms with van der Waals surface area (Å²) in [6.07, 6.45) is -0.771. The van der Waals surface area contributed by atoms with Crippen molar-refractivity contribution in [2.24, 2.45) is 5.41 Å². The number of carbonyl (C=O) groups excluding carboxylic acids is 3. The van der Waals surface area contributed by atoms with Gasteiger partial charge in [0.15, 0.2) is 0 Å². The maximum atomic E-state index is 15.1. The molecule has 8 nitrogen and oxygen atoms in total. The number of benzene rings is 1. The quantitative estimate of drug-likeness (QED) is 0.483.